The number of aliphatic hydroxyl groups is 1. The summed E-state index contributed by atoms with van der Waals surface area (Å²) in [5.74, 6) is -5.64. The Morgan fingerprint density at radius 1 is 0.880 bits per heavy atom. The molecule has 0 bridgehead atoms. The van der Waals surface area contributed by atoms with Gasteiger partial charge < -0.3 is 75.1 Å². The van der Waals surface area contributed by atoms with Crippen LogP contribution in [0.3, 0.4) is 0 Å². The van der Waals surface area contributed by atoms with Crippen molar-refractivity contribution in [3.8, 4) is 5.75 Å². The lowest BCUT2D eigenvalue weighted by Crippen LogP contribution is -2.57. The molecule has 19 N–H and O–H groups in total. The largest absolute Gasteiger partial charge is 0.480 e. The van der Waals surface area contributed by atoms with E-state index in [-0.39, 0.29) is 36.9 Å². The first-order valence-electron chi connectivity index (χ1n) is 15.5. The third-order valence-corrected chi connectivity index (χ3v) is 7.05. The lowest BCUT2D eigenvalue weighted by Gasteiger charge is -2.22. The minimum Gasteiger partial charge on any atom is -0.480 e. The fourth-order valence-electron chi connectivity index (χ4n) is 3.91. The molecule has 286 valence electrons. The summed E-state index contributed by atoms with van der Waals surface area (Å²) in [4.78, 5) is 62.6. The molecule has 0 aliphatic heterocycles. The monoisotopic (exact) mass is 719 g/mol. The topological polar surface area (TPSA) is 401 Å². The maximum Gasteiger partial charge on any atom is 0.339 e. The van der Waals surface area contributed by atoms with Gasteiger partial charge in [0, 0.05) is 26.1 Å². The minimum absolute atomic E-state index is 0.0160. The van der Waals surface area contributed by atoms with Gasteiger partial charge in [-0.2, -0.15) is 0 Å². The van der Waals surface area contributed by atoms with E-state index in [1.54, 1.807) is 12.1 Å². The molecule has 0 heterocycles. The van der Waals surface area contributed by atoms with Crippen LogP contribution >= 0.6 is 0 Å². The highest BCUT2D eigenvalue weighted by Gasteiger charge is 2.43. The molecule has 20 heteroatoms. The van der Waals surface area contributed by atoms with Gasteiger partial charge in [0.15, 0.2) is 0 Å². The fourth-order valence-corrected chi connectivity index (χ4v) is 3.91. The first kappa shape index (κ1) is 47.8. The molecule has 1 aromatic rings. The molecule has 1 aliphatic rings. The van der Waals surface area contributed by atoms with Crippen molar-refractivity contribution in [2.75, 3.05) is 19.6 Å². The number of nitrogens with one attached hydrogen (secondary N) is 1. The van der Waals surface area contributed by atoms with E-state index in [2.05, 4.69) is 10.1 Å². The van der Waals surface area contributed by atoms with Gasteiger partial charge in [0.25, 0.3) is 0 Å². The van der Waals surface area contributed by atoms with Crippen LogP contribution in [0.2, 0.25) is 0 Å². The van der Waals surface area contributed by atoms with Crippen LogP contribution in [0, 0.1) is 0 Å². The maximum atomic E-state index is 10.6. The predicted molar refractivity (Wildman–Crippen MR) is 179 cm³/mol. The predicted octanol–water partition coefficient (Wildman–Crippen LogP) is -2.34. The van der Waals surface area contributed by atoms with E-state index in [9.17, 15) is 28.8 Å². The molecule has 1 saturated carbocycles. The second kappa shape index (κ2) is 25.7. The average molecular weight is 720 g/mol. The van der Waals surface area contributed by atoms with Crippen LogP contribution in [0.25, 0.3) is 0 Å². The van der Waals surface area contributed by atoms with Gasteiger partial charge >= 0.3 is 35.8 Å². The van der Waals surface area contributed by atoms with E-state index < -0.39 is 65.6 Å². The number of unbranched alkanes of at least 4 members (excludes halogenated alkanes) is 1. The number of nitrogens with two attached hydrogens (primary N) is 6. The number of benzene rings is 1. The smallest absolute Gasteiger partial charge is 0.339 e. The number of carboxylic acid groups (broad SMARTS) is 5. The Bertz CT molecular complexity index is 1200. The summed E-state index contributed by atoms with van der Waals surface area (Å²) in [5.41, 5.74) is 30.7. The number of carbonyl (C=O) groups is 6. The van der Waals surface area contributed by atoms with Crippen LogP contribution in [0.5, 0.6) is 5.75 Å². The SMILES string of the molecule is CC(=O)Oc1ccccc1C(=O)O.NC(CCCCNCC(N)C(=O)O)C(=O)O.NC1CCCC1(N)C(=O)O.NCC(O)CCC(N)C(=O)O. The Labute approximate surface area is 289 Å². The first-order valence-corrected chi connectivity index (χ1v) is 15.5. The molecule has 1 aromatic carbocycles. The molecule has 0 amide bonds. The lowest BCUT2D eigenvalue weighted by molar-refractivity contribution is -0.143. The molecule has 1 fully saturated rings. The van der Waals surface area contributed by atoms with E-state index in [1.165, 1.54) is 19.1 Å². The maximum absolute atomic E-state index is 10.6. The number of rotatable bonds is 17. The number of aromatic carboxylic acids is 1. The summed E-state index contributed by atoms with van der Waals surface area (Å²) in [6.45, 7) is 2.18. The lowest BCUT2D eigenvalue weighted by atomic mass is 9.96. The Balaban J connectivity index is 0. The Morgan fingerprint density at radius 3 is 1.84 bits per heavy atom. The Hall–Kier alpha value is -4.28. The van der Waals surface area contributed by atoms with Crippen molar-refractivity contribution >= 4 is 35.8 Å². The van der Waals surface area contributed by atoms with Crippen LogP contribution < -0.4 is 44.5 Å². The summed E-state index contributed by atoms with van der Waals surface area (Å²) in [5, 5.41) is 54.4. The minimum atomic E-state index is -1.15. The van der Waals surface area contributed by atoms with E-state index in [4.69, 9.17) is 65.0 Å². The number of ether oxygens (including phenoxy) is 1. The third-order valence-electron chi connectivity index (χ3n) is 7.05. The van der Waals surface area contributed by atoms with Gasteiger partial charge in [0.2, 0.25) is 0 Å². The van der Waals surface area contributed by atoms with Gasteiger partial charge in [-0.1, -0.05) is 18.6 Å². The van der Waals surface area contributed by atoms with Crippen LogP contribution in [-0.2, 0) is 24.0 Å². The number of hydrogen-bond donors (Lipinski definition) is 13. The number of carbonyl (C=O) groups excluding carboxylic acids is 1. The second-order valence-electron chi connectivity index (χ2n) is 11.2. The molecule has 6 atom stereocenters. The average Bonchev–Trinajstić information content (AvgIpc) is 3.40. The quantitative estimate of drug-likeness (QED) is 0.0455. The molecule has 0 aromatic heterocycles. The zero-order valence-electron chi connectivity index (χ0n) is 28.0. The van der Waals surface area contributed by atoms with Crippen LogP contribution in [0.1, 0.15) is 68.6 Å². The van der Waals surface area contributed by atoms with Crippen molar-refractivity contribution in [1.29, 1.82) is 0 Å². The molecule has 6 unspecified atom stereocenters. The van der Waals surface area contributed by atoms with Crippen molar-refractivity contribution < 1.29 is 64.1 Å². The third kappa shape index (κ3) is 20.9. The molecule has 2 rings (SSSR count). The molecule has 0 radical (unpaired) electrons. The molecule has 1 aliphatic carbocycles. The molecule has 50 heavy (non-hydrogen) atoms. The second-order valence-corrected chi connectivity index (χ2v) is 11.2. The summed E-state index contributed by atoms with van der Waals surface area (Å²) in [7, 11) is 0. The first-order chi connectivity index (χ1) is 23.2. The Morgan fingerprint density at radius 2 is 1.42 bits per heavy atom. The zero-order chi connectivity index (χ0) is 39.0. The summed E-state index contributed by atoms with van der Waals surface area (Å²) >= 11 is 0. The van der Waals surface area contributed by atoms with Gasteiger partial charge in [-0.05, 0) is 63.6 Å². The highest BCUT2D eigenvalue weighted by molar-refractivity contribution is 5.91. The van der Waals surface area contributed by atoms with Crippen molar-refractivity contribution in [1.82, 2.24) is 5.32 Å². The fraction of sp³-hybridized carbons (Fsp3) is 0.600. The van der Waals surface area contributed by atoms with E-state index in [0.29, 0.717) is 32.2 Å². The normalized spacial score (nSPS) is 18.5. The van der Waals surface area contributed by atoms with Gasteiger partial charge in [0.1, 0.15) is 35.0 Å². The number of aliphatic hydroxyl groups excluding tert-OH is 1. The van der Waals surface area contributed by atoms with Crippen molar-refractivity contribution in [3.63, 3.8) is 0 Å². The zero-order valence-corrected chi connectivity index (χ0v) is 28.0. The summed E-state index contributed by atoms with van der Waals surface area (Å²) in [6, 6.07) is 3.00. The van der Waals surface area contributed by atoms with Crippen LogP contribution in [-0.4, -0.2) is 122 Å². The van der Waals surface area contributed by atoms with Gasteiger partial charge in [-0.3, -0.25) is 24.0 Å². The van der Waals surface area contributed by atoms with Gasteiger partial charge in [0.05, 0.1) is 6.10 Å². The molecule has 0 spiro atoms. The standard InChI is InChI=1S/C9H19N3O4.C9H8O4.C6H14N2O3.C6H12N2O2/c10-6(8(13)14)3-1-2-4-12-5-7(11)9(15)16;1-6(10)13-8-5-3-2-4-7(8)9(11)12;7-3-4(9)1-2-5(8)6(10)11;7-4-2-1-3-6(4,8)5(9)10/h6-7,12H,1-5,10-11H2,(H,13,14)(H,15,16);2-5H,1H3,(H,11,12);4-5,9H,1-3,7-8H2,(H,10,11);4H,1-3,7-8H2,(H,9,10). The number of hydrogen-bond acceptors (Lipinski definition) is 15. The van der Waals surface area contributed by atoms with E-state index >= 15 is 0 Å². The number of esters is 1. The number of aliphatic carboxylic acids is 4. The summed E-state index contributed by atoms with van der Waals surface area (Å²) < 4.78 is 4.69. The van der Waals surface area contributed by atoms with E-state index in [0.717, 1.165) is 19.3 Å². The number of para-hydroxylation sites is 1. The highest BCUT2D eigenvalue weighted by Crippen LogP contribution is 2.26. The highest BCUT2D eigenvalue weighted by atomic mass is 16.5. The van der Waals surface area contributed by atoms with E-state index in [1.807, 2.05) is 0 Å². The van der Waals surface area contributed by atoms with Crippen molar-refractivity contribution in [2.45, 2.75) is 94.1 Å². The Kier molecular flexibility index (Phi) is 24.5. The van der Waals surface area contributed by atoms with Gasteiger partial charge in [-0.25, -0.2) is 4.79 Å². The molecular formula is C30H53N7O13. The molecule has 0 saturated heterocycles. The van der Waals surface area contributed by atoms with Gasteiger partial charge in [-0.15, -0.1) is 0 Å². The van der Waals surface area contributed by atoms with Crippen molar-refractivity contribution in [3.05, 3.63) is 29.8 Å². The molecular weight excluding hydrogens is 666 g/mol. The van der Waals surface area contributed by atoms with Crippen molar-refractivity contribution in [2.24, 2.45) is 34.4 Å². The van der Waals surface area contributed by atoms with Crippen LogP contribution in [0.15, 0.2) is 24.3 Å². The van der Waals surface area contributed by atoms with Crippen LogP contribution in [0.4, 0.5) is 0 Å². The summed E-state index contributed by atoms with van der Waals surface area (Å²) in [6.07, 6.45) is 3.85. The number of carboxylic acids is 5. The molecule has 20 nitrogen and oxygen atoms in total.